The van der Waals surface area contributed by atoms with Crippen molar-refractivity contribution in [1.29, 1.82) is 0 Å². The molecule has 0 radical (unpaired) electrons. The number of carbonyl (C=O) groups is 1. The largest absolute Gasteiger partial charge is 0.369 e. The van der Waals surface area contributed by atoms with Crippen molar-refractivity contribution in [2.24, 2.45) is 0 Å². The summed E-state index contributed by atoms with van der Waals surface area (Å²) in [6, 6.07) is 14.3. The summed E-state index contributed by atoms with van der Waals surface area (Å²) in [6.45, 7) is 3.51. The zero-order chi connectivity index (χ0) is 22.3. The van der Waals surface area contributed by atoms with Crippen LogP contribution in [0.15, 0.2) is 61.2 Å². The monoisotopic (exact) mass is 445 g/mol. The van der Waals surface area contributed by atoms with E-state index in [0.29, 0.717) is 19.5 Å². The number of rotatable bonds is 9. The molecular weight excluding hydrogens is 418 g/mol. The van der Waals surface area contributed by atoms with E-state index in [2.05, 4.69) is 39.3 Å². The molecule has 6 nitrogen and oxygen atoms in total. The predicted octanol–water partition coefficient (Wildman–Crippen LogP) is 4.95. The summed E-state index contributed by atoms with van der Waals surface area (Å²) < 4.78 is 0. The summed E-state index contributed by atoms with van der Waals surface area (Å²) in [6.07, 6.45) is 7.25. The Balaban J connectivity index is 1.35. The Morgan fingerprint density at radius 3 is 2.66 bits per heavy atom. The number of nitrogens with zero attached hydrogens (tertiary/aromatic N) is 4. The molecule has 4 aromatic rings. The number of hydrogen-bond acceptors (Lipinski definition) is 6. The lowest BCUT2D eigenvalue weighted by molar-refractivity contribution is -0.129. The van der Waals surface area contributed by atoms with Crippen LogP contribution in [0.4, 0.5) is 5.82 Å². The molecule has 0 aliphatic rings. The van der Waals surface area contributed by atoms with Crippen LogP contribution >= 0.6 is 11.3 Å². The molecule has 1 N–H and O–H groups in total. The predicted molar refractivity (Wildman–Crippen MR) is 131 cm³/mol. The summed E-state index contributed by atoms with van der Waals surface area (Å²) in [5.74, 6) is 0.988. The van der Waals surface area contributed by atoms with Crippen LogP contribution in [0.1, 0.15) is 23.3 Å². The molecule has 0 saturated heterocycles. The lowest BCUT2D eigenvalue weighted by Crippen LogP contribution is -2.29. The molecule has 0 saturated carbocycles. The zero-order valence-electron chi connectivity index (χ0n) is 18.4. The molecule has 7 heteroatoms. The van der Waals surface area contributed by atoms with Crippen molar-refractivity contribution in [2.75, 3.05) is 25.5 Å². The molecule has 1 amide bonds. The number of carbonyl (C=O) groups excluding carboxylic acids is 1. The number of anilines is 1. The minimum Gasteiger partial charge on any atom is -0.369 e. The van der Waals surface area contributed by atoms with Crippen molar-refractivity contribution >= 4 is 33.3 Å². The van der Waals surface area contributed by atoms with Gasteiger partial charge in [-0.2, -0.15) is 0 Å². The number of benzene rings is 1. The second-order valence-electron chi connectivity index (χ2n) is 7.75. The van der Waals surface area contributed by atoms with E-state index in [1.54, 1.807) is 35.0 Å². The highest BCUT2D eigenvalue weighted by Gasteiger charge is 2.16. The molecule has 164 valence electrons. The van der Waals surface area contributed by atoms with E-state index in [-0.39, 0.29) is 5.91 Å². The number of amides is 1. The molecule has 0 unspecified atom stereocenters. The average molecular weight is 446 g/mol. The summed E-state index contributed by atoms with van der Waals surface area (Å²) in [7, 11) is 1.87. The Labute approximate surface area is 192 Å². The number of likely N-dealkylation sites (N-methyl/N-ethyl adjacent to an activating group) is 1. The first kappa shape index (κ1) is 21.9. The molecule has 4 rings (SSSR count). The second kappa shape index (κ2) is 10.3. The van der Waals surface area contributed by atoms with Gasteiger partial charge in [-0.25, -0.2) is 9.97 Å². The molecule has 0 atom stereocenters. The van der Waals surface area contributed by atoms with Gasteiger partial charge in [-0.1, -0.05) is 30.3 Å². The van der Waals surface area contributed by atoms with Gasteiger partial charge in [0, 0.05) is 49.4 Å². The highest BCUT2D eigenvalue weighted by molar-refractivity contribution is 7.19. The third-order valence-corrected chi connectivity index (χ3v) is 6.51. The zero-order valence-corrected chi connectivity index (χ0v) is 19.2. The highest BCUT2D eigenvalue weighted by atomic mass is 32.1. The van der Waals surface area contributed by atoms with E-state index in [1.165, 1.54) is 21.6 Å². The number of fused-ring (bicyclic) bond motifs is 1. The van der Waals surface area contributed by atoms with Crippen LogP contribution in [0.2, 0.25) is 0 Å². The molecule has 3 heterocycles. The van der Waals surface area contributed by atoms with Crippen molar-refractivity contribution in [3.8, 4) is 11.1 Å². The van der Waals surface area contributed by atoms with Gasteiger partial charge in [-0.05, 0) is 43.0 Å². The summed E-state index contributed by atoms with van der Waals surface area (Å²) in [4.78, 5) is 29.5. The summed E-state index contributed by atoms with van der Waals surface area (Å²) in [5, 5.41) is 4.50. The second-order valence-corrected chi connectivity index (χ2v) is 8.96. The maximum absolute atomic E-state index is 12.5. The molecule has 1 aromatic carbocycles. The quantitative estimate of drug-likeness (QED) is 0.369. The number of aromatic nitrogens is 3. The Kier molecular flexibility index (Phi) is 7.07. The molecule has 32 heavy (non-hydrogen) atoms. The molecule has 0 fully saturated rings. The van der Waals surface area contributed by atoms with Crippen molar-refractivity contribution in [2.45, 2.75) is 26.2 Å². The Hall–Kier alpha value is -3.32. The number of nitrogens with one attached hydrogen (secondary N) is 1. The van der Waals surface area contributed by atoms with Crippen LogP contribution in [0.25, 0.3) is 21.3 Å². The van der Waals surface area contributed by atoms with Crippen LogP contribution in [-0.2, 0) is 11.2 Å². The fraction of sp³-hybridized carbons (Fsp3) is 0.280. The van der Waals surface area contributed by atoms with Gasteiger partial charge in [0.2, 0.25) is 5.91 Å². The topological polar surface area (TPSA) is 71.0 Å². The van der Waals surface area contributed by atoms with E-state index < -0.39 is 0 Å². The van der Waals surface area contributed by atoms with E-state index in [0.717, 1.165) is 28.9 Å². The number of hydrogen-bond donors (Lipinski definition) is 1. The number of aryl methyl sites for hydroxylation is 1. The third-order valence-electron chi connectivity index (χ3n) is 5.50. The van der Waals surface area contributed by atoms with Crippen LogP contribution < -0.4 is 5.32 Å². The van der Waals surface area contributed by atoms with Crippen molar-refractivity contribution in [3.05, 3.63) is 71.6 Å². The first-order valence-electron chi connectivity index (χ1n) is 10.8. The van der Waals surface area contributed by atoms with E-state index in [1.807, 2.05) is 37.4 Å². The van der Waals surface area contributed by atoms with Gasteiger partial charge >= 0.3 is 0 Å². The van der Waals surface area contributed by atoms with Gasteiger partial charge in [0.1, 0.15) is 17.0 Å². The molecule has 0 spiro atoms. The van der Waals surface area contributed by atoms with E-state index in [4.69, 9.17) is 0 Å². The molecular formula is C25H27N5OS. The van der Waals surface area contributed by atoms with E-state index >= 15 is 0 Å². The van der Waals surface area contributed by atoms with Crippen LogP contribution in [0, 0.1) is 6.92 Å². The van der Waals surface area contributed by atoms with Crippen molar-refractivity contribution in [1.82, 2.24) is 19.9 Å². The first-order chi connectivity index (χ1) is 15.6. The standard InChI is InChI=1S/C25H27N5OS/c1-18-22(20-7-4-3-5-8-20)23-24(28-17-29-25(23)32-18)27-13-6-9-21(31)30(2)16-12-19-10-14-26-15-11-19/h3-5,7-8,10-11,14-15,17H,6,9,12-13,16H2,1-2H3,(H,27,28,29). The Bertz CT molecular complexity index is 1180. The molecule has 0 bridgehead atoms. The van der Waals surface area contributed by atoms with Gasteiger partial charge in [0.05, 0.1) is 5.39 Å². The maximum atomic E-state index is 12.5. The fourth-order valence-electron chi connectivity index (χ4n) is 3.74. The number of pyridine rings is 1. The van der Waals surface area contributed by atoms with Crippen molar-refractivity contribution in [3.63, 3.8) is 0 Å². The summed E-state index contributed by atoms with van der Waals surface area (Å²) in [5.41, 5.74) is 3.54. The Morgan fingerprint density at radius 2 is 1.88 bits per heavy atom. The average Bonchev–Trinajstić information content (AvgIpc) is 3.17. The third kappa shape index (κ3) is 5.11. The number of thiophene rings is 1. The Morgan fingerprint density at radius 1 is 1.09 bits per heavy atom. The van der Waals surface area contributed by atoms with E-state index in [9.17, 15) is 4.79 Å². The minimum atomic E-state index is 0.157. The maximum Gasteiger partial charge on any atom is 0.222 e. The molecule has 0 aliphatic carbocycles. The summed E-state index contributed by atoms with van der Waals surface area (Å²) >= 11 is 1.68. The van der Waals surface area contributed by atoms with Gasteiger partial charge < -0.3 is 10.2 Å². The molecule has 3 aromatic heterocycles. The normalized spacial score (nSPS) is 10.9. The van der Waals surface area contributed by atoms with Crippen molar-refractivity contribution < 1.29 is 4.79 Å². The SMILES string of the molecule is Cc1sc2ncnc(NCCCC(=O)N(C)CCc3ccncc3)c2c1-c1ccccc1. The van der Waals surface area contributed by atoms with Gasteiger partial charge in [-0.3, -0.25) is 9.78 Å². The van der Waals surface area contributed by atoms with Crippen LogP contribution in [0.5, 0.6) is 0 Å². The van der Waals surface area contributed by atoms with Gasteiger partial charge in [0.25, 0.3) is 0 Å². The highest BCUT2D eigenvalue weighted by Crippen LogP contribution is 2.40. The minimum absolute atomic E-state index is 0.157. The lowest BCUT2D eigenvalue weighted by atomic mass is 10.0. The van der Waals surface area contributed by atoms with Gasteiger partial charge in [0.15, 0.2) is 0 Å². The lowest BCUT2D eigenvalue weighted by Gasteiger charge is -2.17. The van der Waals surface area contributed by atoms with Gasteiger partial charge in [-0.15, -0.1) is 11.3 Å². The first-order valence-corrected chi connectivity index (χ1v) is 11.6. The van der Waals surface area contributed by atoms with Crippen LogP contribution in [0.3, 0.4) is 0 Å². The fourth-order valence-corrected chi connectivity index (χ4v) is 4.75. The smallest absolute Gasteiger partial charge is 0.222 e. The molecule has 0 aliphatic heterocycles. The van der Waals surface area contributed by atoms with Crippen LogP contribution in [-0.4, -0.2) is 45.9 Å².